The van der Waals surface area contributed by atoms with Crippen LogP contribution in [0.1, 0.15) is 51.0 Å². The predicted octanol–water partition coefficient (Wildman–Crippen LogP) is 2.07. The Hall–Kier alpha value is -3.10. The lowest BCUT2D eigenvalue weighted by atomic mass is 10.1. The molecule has 2 amide bonds. The second-order valence-electron chi connectivity index (χ2n) is 8.15. The van der Waals surface area contributed by atoms with Crippen LogP contribution in [0.25, 0.3) is 0 Å². The maximum Gasteiger partial charge on any atom is 0.294 e. The van der Waals surface area contributed by atoms with Crippen molar-refractivity contribution in [3.05, 3.63) is 23.8 Å². The Labute approximate surface area is 181 Å². The van der Waals surface area contributed by atoms with Gasteiger partial charge < -0.3 is 19.3 Å². The number of fused-ring (bicyclic) bond motifs is 2. The van der Waals surface area contributed by atoms with Crippen molar-refractivity contribution in [3.8, 4) is 5.75 Å². The normalized spacial score (nSPS) is 18.5. The molecule has 166 valence electrons. The third-order valence-electron chi connectivity index (χ3n) is 5.98. The topological polar surface area (TPSA) is 101 Å². The maximum atomic E-state index is 12.8. The van der Waals surface area contributed by atoms with Gasteiger partial charge in [-0.2, -0.15) is 0 Å². The summed E-state index contributed by atoms with van der Waals surface area (Å²) in [5.74, 6) is 1.26. The van der Waals surface area contributed by atoms with Crippen molar-refractivity contribution in [2.75, 3.05) is 13.2 Å². The molecule has 3 aliphatic rings. The van der Waals surface area contributed by atoms with E-state index in [9.17, 15) is 14.4 Å². The molecule has 1 saturated heterocycles. The van der Waals surface area contributed by atoms with Gasteiger partial charge in [0.2, 0.25) is 17.8 Å². The van der Waals surface area contributed by atoms with E-state index >= 15 is 0 Å². The Kier molecular flexibility index (Phi) is 6.39. The Morgan fingerprint density at radius 2 is 2.16 bits per heavy atom. The highest BCUT2D eigenvalue weighted by atomic mass is 16.5. The lowest BCUT2D eigenvalue weighted by Gasteiger charge is -2.33. The molecule has 0 spiro atoms. The standard InChI is InChI=1S/C22H28N4O5/c1-15(31-14-27)26(17-5-2-3-6-17)21(29)7-4-10-30-18-8-9-19-16(11-18)12-25-13-20(28)24-22(25)23-19/h8-9,11,14-15,17H,2-7,10,12-13H2,1H3,(H,23,24,28). The average molecular weight is 428 g/mol. The molecule has 2 heterocycles. The molecular weight excluding hydrogens is 400 g/mol. The van der Waals surface area contributed by atoms with Gasteiger partial charge in [0.25, 0.3) is 6.47 Å². The van der Waals surface area contributed by atoms with E-state index in [2.05, 4.69) is 10.3 Å². The van der Waals surface area contributed by atoms with Gasteiger partial charge in [0, 0.05) is 24.6 Å². The van der Waals surface area contributed by atoms with Crippen molar-refractivity contribution in [2.24, 2.45) is 4.99 Å². The zero-order chi connectivity index (χ0) is 21.8. The Balaban J connectivity index is 1.29. The second-order valence-corrected chi connectivity index (χ2v) is 8.15. The number of hydrogen-bond donors (Lipinski definition) is 1. The van der Waals surface area contributed by atoms with Crippen LogP contribution < -0.4 is 10.1 Å². The summed E-state index contributed by atoms with van der Waals surface area (Å²) in [6.45, 7) is 3.47. The minimum Gasteiger partial charge on any atom is -0.494 e. The van der Waals surface area contributed by atoms with Gasteiger partial charge in [0.15, 0.2) is 6.23 Å². The molecule has 1 aromatic rings. The van der Waals surface area contributed by atoms with Crippen LogP contribution in [0.2, 0.25) is 0 Å². The first-order valence-corrected chi connectivity index (χ1v) is 10.8. The molecule has 0 aromatic heterocycles. The number of carbonyl (C=O) groups excluding carboxylic acids is 3. The van der Waals surface area contributed by atoms with Crippen LogP contribution in [0, 0.1) is 0 Å². The molecule has 1 saturated carbocycles. The summed E-state index contributed by atoms with van der Waals surface area (Å²) in [5.41, 5.74) is 1.83. The van der Waals surface area contributed by atoms with Gasteiger partial charge in [-0.05, 0) is 44.4 Å². The first kappa shape index (κ1) is 21.1. The molecule has 1 aromatic carbocycles. The maximum absolute atomic E-state index is 12.8. The van der Waals surface area contributed by atoms with Gasteiger partial charge in [-0.3, -0.25) is 19.7 Å². The van der Waals surface area contributed by atoms with Crippen LogP contribution in [-0.4, -0.2) is 59.5 Å². The first-order chi connectivity index (χ1) is 15.0. The molecular formula is C22H28N4O5. The second kappa shape index (κ2) is 9.36. The highest BCUT2D eigenvalue weighted by Gasteiger charge is 2.31. The van der Waals surface area contributed by atoms with E-state index < -0.39 is 6.23 Å². The number of carbonyl (C=O) groups is 3. The Morgan fingerprint density at radius 3 is 2.94 bits per heavy atom. The number of rotatable bonds is 9. The van der Waals surface area contributed by atoms with Crippen molar-refractivity contribution in [3.63, 3.8) is 0 Å². The minimum atomic E-state index is -0.549. The lowest BCUT2D eigenvalue weighted by molar-refractivity contribution is -0.156. The van der Waals surface area contributed by atoms with Crippen LogP contribution in [0.4, 0.5) is 5.69 Å². The van der Waals surface area contributed by atoms with Gasteiger partial charge in [0.1, 0.15) is 12.3 Å². The van der Waals surface area contributed by atoms with E-state index in [0.717, 1.165) is 36.9 Å². The van der Waals surface area contributed by atoms with E-state index in [1.807, 2.05) is 23.1 Å². The molecule has 0 bridgehead atoms. The summed E-state index contributed by atoms with van der Waals surface area (Å²) in [6.07, 6.45) is 4.45. The average Bonchev–Trinajstić information content (AvgIpc) is 3.38. The van der Waals surface area contributed by atoms with E-state index in [-0.39, 0.29) is 17.9 Å². The van der Waals surface area contributed by atoms with E-state index in [1.165, 1.54) is 0 Å². The predicted molar refractivity (Wildman–Crippen MR) is 113 cm³/mol. The molecule has 2 fully saturated rings. The number of amides is 2. The third-order valence-corrected chi connectivity index (χ3v) is 5.98. The highest BCUT2D eigenvalue weighted by Crippen LogP contribution is 2.30. The zero-order valence-electron chi connectivity index (χ0n) is 17.7. The number of guanidine groups is 1. The van der Waals surface area contributed by atoms with E-state index in [1.54, 1.807) is 11.8 Å². The third kappa shape index (κ3) is 4.81. The van der Waals surface area contributed by atoms with Crippen molar-refractivity contribution < 1.29 is 23.9 Å². The molecule has 1 unspecified atom stereocenters. The van der Waals surface area contributed by atoms with Crippen molar-refractivity contribution >= 4 is 29.9 Å². The molecule has 31 heavy (non-hydrogen) atoms. The highest BCUT2D eigenvalue weighted by molar-refractivity contribution is 6.05. The number of benzene rings is 1. The number of hydrogen-bond acceptors (Lipinski definition) is 7. The SMILES string of the molecule is CC(OC=O)N(C(=O)CCCOc1ccc2c(c1)CN1CC(=O)NC1=N2)C1CCCC1. The molecule has 9 nitrogen and oxygen atoms in total. The summed E-state index contributed by atoms with van der Waals surface area (Å²) in [6, 6.07) is 5.80. The summed E-state index contributed by atoms with van der Waals surface area (Å²) in [5, 5.41) is 2.75. The van der Waals surface area contributed by atoms with Crippen LogP contribution >= 0.6 is 0 Å². The zero-order valence-corrected chi connectivity index (χ0v) is 17.7. The smallest absolute Gasteiger partial charge is 0.294 e. The molecule has 1 aliphatic carbocycles. The Bertz CT molecular complexity index is 881. The number of ether oxygens (including phenoxy) is 2. The number of nitrogens with zero attached hydrogens (tertiary/aromatic N) is 3. The van der Waals surface area contributed by atoms with Gasteiger partial charge in [0.05, 0.1) is 12.3 Å². The monoisotopic (exact) mass is 428 g/mol. The molecule has 4 rings (SSSR count). The molecule has 1 N–H and O–H groups in total. The Morgan fingerprint density at radius 1 is 1.35 bits per heavy atom. The van der Waals surface area contributed by atoms with Crippen molar-refractivity contribution in [2.45, 2.75) is 64.3 Å². The fourth-order valence-electron chi connectivity index (χ4n) is 4.50. The summed E-state index contributed by atoms with van der Waals surface area (Å²) < 4.78 is 10.9. The lowest BCUT2D eigenvalue weighted by Crippen LogP contribution is -2.46. The fourth-order valence-corrected chi connectivity index (χ4v) is 4.50. The van der Waals surface area contributed by atoms with Crippen LogP contribution in [-0.2, 0) is 25.7 Å². The van der Waals surface area contributed by atoms with Crippen LogP contribution in [0.3, 0.4) is 0 Å². The van der Waals surface area contributed by atoms with Crippen molar-refractivity contribution in [1.29, 1.82) is 0 Å². The molecule has 9 heteroatoms. The van der Waals surface area contributed by atoms with E-state index in [0.29, 0.717) is 50.7 Å². The summed E-state index contributed by atoms with van der Waals surface area (Å²) in [7, 11) is 0. The van der Waals surface area contributed by atoms with Crippen molar-refractivity contribution in [1.82, 2.24) is 15.1 Å². The number of aliphatic imine (C=N–C) groups is 1. The van der Waals surface area contributed by atoms with Crippen LogP contribution in [0.5, 0.6) is 5.75 Å². The van der Waals surface area contributed by atoms with E-state index in [4.69, 9.17) is 9.47 Å². The summed E-state index contributed by atoms with van der Waals surface area (Å²) >= 11 is 0. The first-order valence-electron chi connectivity index (χ1n) is 10.8. The van der Waals surface area contributed by atoms with Gasteiger partial charge in [-0.25, -0.2) is 4.99 Å². The minimum absolute atomic E-state index is 0.0108. The molecule has 1 atom stereocenters. The van der Waals surface area contributed by atoms with Gasteiger partial charge >= 0.3 is 0 Å². The number of nitrogens with one attached hydrogen (secondary N) is 1. The molecule has 2 aliphatic heterocycles. The van der Waals surface area contributed by atoms with Gasteiger partial charge in [-0.1, -0.05) is 12.8 Å². The quantitative estimate of drug-likeness (QED) is 0.367. The largest absolute Gasteiger partial charge is 0.494 e. The molecule has 0 radical (unpaired) electrons. The van der Waals surface area contributed by atoms with Gasteiger partial charge in [-0.15, -0.1) is 0 Å². The summed E-state index contributed by atoms with van der Waals surface area (Å²) in [4.78, 5) is 43.2. The fraction of sp³-hybridized carbons (Fsp3) is 0.545. The van der Waals surface area contributed by atoms with Crippen LogP contribution in [0.15, 0.2) is 23.2 Å².